The molecule has 0 amide bonds. The van der Waals surface area contributed by atoms with Crippen LogP contribution in [0.5, 0.6) is 0 Å². The van der Waals surface area contributed by atoms with Crippen LogP contribution in [-0.4, -0.2) is 36.8 Å². The molecule has 0 bridgehead atoms. The molecule has 0 nitrogen and oxygen atoms in total. The molecule has 0 radical (unpaired) electrons. The van der Waals surface area contributed by atoms with Gasteiger partial charge in [0.25, 0.3) is 0 Å². The average Bonchev–Trinajstić information content (AvgIpc) is 2.81. The summed E-state index contributed by atoms with van der Waals surface area (Å²) in [7, 11) is 0. The number of rotatable bonds is 20. The van der Waals surface area contributed by atoms with Crippen molar-refractivity contribution in [1.29, 1.82) is 0 Å². The Bertz CT molecular complexity index is 341. The third kappa shape index (κ3) is 18.4. The summed E-state index contributed by atoms with van der Waals surface area (Å²) < 4.78 is 15.1. The Kier molecular flexibility index (Phi) is 27.7. The fourth-order valence-electron chi connectivity index (χ4n) is 5.13. The summed E-state index contributed by atoms with van der Waals surface area (Å²) in [6.07, 6.45) is 21.9. The maximum absolute atomic E-state index is 2.72. The second-order valence-corrected chi connectivity index (χ2v) is 36.4. The standard InChI is InChI=1S/6C4H9.2C3H5.2Sn/c6*1-3-4-2;2*1-3-2;;/h6*1,3-4H2,2H3;2*1,3H,2H3;;. The van der Waals surface area contributed by atoms with Crippen LogP contribution < -0.4 is 0 Å². The Labute approximate surface area is 214 Å². The first kappa shape index (κ1) is 35.2. The molecule has 0 aromatic heterocycles. The van der Waals surface area contributed by atoms with Crippen molar-refractivity contribution in [2.75, 3.05) is 0 Å². The van der Waals surface area contributed by atoms with Gasteiger partial charge in [-0.05, 0) is 0 Å². The van der Waals surface area contributed by atoms with E-state index in [4.69, 9.17) is 0 Å². The average molecular weight is 662 g/mol. The van der Waals surface area contributed by atoms with Gasteiger partial charge in [0, 0.05) is 0 Å². The van der Waals surface area contributed by atoms with Crippen molar-refractivity contribution in [2.24, 2.45) is 0 Å². The van der Waals surface area contributed by atoms with Crippen LogP contribution in [0.15, 0.2) is 20.3 Å². The third-order valence-electron chi connectivity index (χ3n) is 7.21. The van der Waals surface area contributed by atoms with Crippen LogP contribution in [0.2, 0.25) is 26.6 Å². The van der Waals surface area contributed by atoms with Crippen LogP contribution in [0.1, 0.15) is 132 Å². The quantitative estimate of drug-likeness (QED) is 0.114. The van der Waals surface area contributed by atoms with Gasteiger partial charge in [0.15, 0.2) is 0 Å². The van der Waals surface area contributed by atoms with Crippen molar-refractivity contribution in [1.82, 2.24) is 0 Å². The minimum atomic E-state index is -1.84. The first-order valence-electron chi connectivity index (χ1n) is 14.8. The summed E-state index contributed by atoms with van der Waals surface area (Å²) >= 11 is -3.68. The number of allylic oxidation sites excluding steroid dienone is 2. The van der Waals surface area contributed by atoms with Crippen molar-refractivity contribution < 1.29 is 0 Å². The van der Waals surface area contributed by atoms with Gasteiger partial charge in [0.05, 0.1) is 0 Å². The number of unbranched alkanes of at least 4 members (excludes halogenated alkanes) is 6. The topological polar surface area (TPSA) is 0 Å². The summed E-state index contributed by atoms with van der Waals surface area (Å²) in [6, 6.07) is 0. The van der Waals surface area contributed by atoms with Gasteiger partial charge >= 0.3 is 216 Å². The van der Waals surface area contributed by atoms with Crippen LogP contribution in [0.25, 0.3) is 0 Å². The van der Waals surface area contributed by atoms with E-state index < -0.39 is 36.8 Å². The third-order valence-corrected chi connectivity index (χ3v) is 36.3. The molecule has 0 heterocycles. The van der Waals surface area contributed by atoms with Crippen molar-refractivity contribution in [2.45, 2.75) is 159 Å². The first-order valence-corrected chi connectivity index (χ1v) is 30.2. The normalized spacial score (nSPS) is 12.5. The monoisotopic (exact) mass is 664 g/mol. The molecule has 0 saturated heterocycles. The van der Waals surface area contributed by atoms with Gasteiger partial charge in [0.2, 0.25) is 0 Å². The molecule has 0 aromatic carbocycles. The van der Waals surface area contributed by atoms with Crippen molar-refractivity contribution in [3.8, 4) is 0 Å². The van der Waals surface area contributed by atoms with Crippen LogP contribution in [0.4, 0.5) is 0 Å². The SMILES string of the molecule is C/C=[CH]/[Sn]([CH2]CCC)([CH2]CCC)[CH2]CCC.C/C=[CH]\[Sn]([CH2]CCC)([CH2]CCC)[CH2]CCC. The van der Waals surface area contributed by atoms with Crippen LogP contribution >= 0.6 is 0 Å². The predicted octanol–water partition coefficient (Wildman–Crippen LogP) is 11.9. The molecule has 0 fully saturated rings. The molecule has 0 aliphatic rings. The van der Waals surface area contributed by atoms with Crippen LogP contribution in [0.3, 0.4) is 0 Å². The zero-order valence-electron chi connectivity index (χ0n) is 24.0. The molecule has 0 saturated carbocycles. The number of hydrogen-bond donors (Lipinski definition) is 0. The summed E-state index contributed by atoms with van der Waals surface area (Å²) in [5.41, 5.74) is 0. The van der Waals surface area contributed by atoms with E-state index in [1.807, 2.05) is 0 Å². The Morgan fingerprint density at radius 3 is 0.688 bits per heavy atom. The van der Waals surface area contributed by atoms with Gasteiger partial charge < -0.3 is 0 Å². The summed E-state index contributed by atoms with van der Waals surface area (Å²) in [4.78, 5) is 0. The van der Waals surface area contributed by atoms with E-state index in [2.05, 4.69) is 75.7 Å². The van der Waals surface area contributed by atoms with E-state index in [0.29, 0.717) is 0 Å². The molecule has 0 aliphatic carbocycles. The van der Waals surface area contributed by atoms with Gasteiger partial charge in [-0.25, -0.2) is 0 Å². The summed E-state index contributed by atoms with van der Waals surface area (Å²) in [6.45, 7) is 18.5. The molecule has 0 rings (SSSR count). The molecule has 0 aromatic rings. The van der Waals surface area contributed by atoms with Crippen molar-refractivity contribution in [3.05, 3.63) is 20.3 Å². The van der Waals surface area contributed by atoms with E-state index in [1.54, 1.807) is 26.6 Å². The molecule has 0 spiro atoms. The zero-order valence-corrected chi connectivity index (χ0v) is 29.7. The molecule has 192 valence electrons. The summed E-state index contributed by atoms with van der Waals surface area (Å²) in [5, 5.41) is 0. The predicted molar refractivity (Wildman–Crippen MR) is 159 cm³/mol. The van der Waals surface area contributed by atoms with Crippen molar-refractivity contribution >= 4 is 36.8 Å². The minimum absolute atomic E-state index is 1.38. The molecular weight excluding hydrogens is 598 g/mol. The van der Waals surface area contributed by atoms with E-state index in [1.165, 1.54) is 77.0 Å². The zero-order chi connectivity index (χ0) is 24.6. The fraction of sp³-hybridized carbons (Fsp3) is 0.867. The molecular formula is C30H64Sn2. The second kappa shape index (κ2) is 25.2. The Morgan fingerprint density at radius 2 is 0.562 bits per heavy atom. The van der Waals surface area contributed by atoms with Gasteiger partial charge in [-0.1, -0.05) is 0 Å². The van der Waals surface area contributed by atoms with E-state index in [9.17, 15) is 0 Å². The fourth-order valence-corrected chi connectivity index (χ4v) is 34.4. The second-order valence-electron chi connectivity index (χ2n) is 10.3. The van der Waals surface area contributed by atoms with Gasteiger partial charge in [0.1, 0.15) is 0 Å². The Balaban J connectivity index is 0. The van der Waals surface area contributed by atoms with Crippen LogP contribution in [0, 0.1) is 0 Å². The van der Waals surface area contributed by atoms with Crippen molar-refractivity contribution in [3.63, 3.8) is 0 Å². The molecule has 0 aliphatic heterocycles. The molecule has 0 atom stereocenters. The first-order chi connectivity index (χ1) is 15.5. The number of hydrogen-bond acceptors (Lipinski definition) is 0. The Morgan fingerprint density at radius 1 is 0.375 bits per heavy atom. The Hall–Kier alpha value is 1.08. The van der Waals surface area contributed by atoms with Gasteiger partial charge in [-0.2, -0.15) is 0 Å². The van der Waals surface area contributed by atoms with E-state index in [0.717, 1.165) is 0 Å². The van der Waals surface area contributed by atoms with Gasteiger partial charge in [-0.3, -0.25) is 0 Å². The van der Waals surface area contributed by atoms with E-state index >= 15 is 0 Å². The van der Waals surface area contributed by atoms with Gasteiger partial charge in [-0.15, -0.1) is 0 Å². The molecule has 0 unspecified atom stereocenters. The van der Waals surface area contributed by atoms with E-state index in [-0.39, 0.29) is 0 Å². The summed E-state index contributed by atoms with van der Waals surface area (Å²) in [5.74, 6) is 0. The van der Waals surface area contributed by atoms with Crippen LogP contribution in [-0.2, 0) is 0 Å². The molecule has 32 heavy (non-hydrogen) atoms. The molecule has 2 heteroatoms. The molecule has 0 N–H and O–H groups in total. The maximum atomic E-state index is 2.72.